The van der Waals surface area contributed by atoms with Crippen molar-refractivity contribution in [1.82, 2.24) is 20.0 Å². The van der Waals surface area contributed by atoms with E-state index in [0.717, 1.165) is 48.9 Å². The molecule has 0 spiro atoms. The quantitative estimate of drug-likeness (QED) is 0.726. The SMILES string of the molecule is COCCCN1CC2C(CNC(=O)c3cccc4cn(C(C)C)nc34)C2C1. The van der Waals surface area contributed by atoms with Gasteiger partial charge in [0.15, 0.2) is 0 Å². The van der Waals surface area contributed by atoms with E-state index in [1.54, 1.807) is 7.11 Å². The lowest BCUT2D eigenvalue weighted by atomic mass is 10.1. The lowest BCUT2D eigenvalue weighted by Crippen LogP contribution is -2.31. The number of hydrogen-bond acceptors (Lipinski definition) is 4. The van der Waals surface area contributed by atoms with Gasteiger partial charge in [-0.05, 0) is 44.1 Å². The normalized spacial score (nSPS) is 24.5. The number of nitrogens with zero attached hydrogens (tertiary/aromatic N) is 3. The van der Waals surface area contributed by atoms with E-state index in [9.17, 15) is 4.79 Å². The number of amides is 1. The van der Waals surface area contributed by atoms with E-state index >= 15 is 0 Å². The zero-order valence-corrected chi connectivity index (χ0v) is 16.5. The van der Waals surface area contributed by atoms with E-state index in [2.05, 4.69) is 29.2 Å². The standard InChI is InChI=1S/C21H30N4O2/c1-14(2)25-11-15-6-4-7-16(20(15)23-25)21(26)22-10-17-18-12-24(13-19(17)18)8-5-9-27-3/h4,6-7,11,14,17-19H,5,8-10,12-13H2,1-3H3,(H,22,26). The molecule has 146 valence electrons. The number of piperidine rings is 1. The summed E-state index contributed by atoms with van der Waals surface area (Å²) in [5.41, 5.74) is 1.47. The summed E-state index contributed by atoms with van der Waals surface area (Å²) < 4.78 is 7.05. The molecular weight excluding hydrogens is 340 g/mol. The highest BCUT2D eigenvalue weighted by Crippen LogP contribution is 2.51. The first-order chi connectivity index (χ1) is 13.1. The second-order valence-electron chi connectivity index (χ2n) is 8.25. The Kier molecular flexibility index (Phi) is 5.19. The van der Waals surface area contributed by atoms with Crippen molar-refractivity contribution in [1.29, 1.82) is 0 Å². The molecule has 4 rings (SSSR count). The molecule has 1 saturated heterocycles. The third-order valence-electron chi connectivity index (χ3n) is 6.10. The first-order valence-corrected chi connectivity index (χ1v) is 10.1. The Labute approximate surface area is 160 Å². The zero-order valence-electron chi connectivity index (χ0n) is 16.5. The van der Waals surface area contributed by atoms with Gasteiger partial charge in [0, 0.05) is 57.5 Å². The predicted molar refractivity (Wildman–Crippen MR) is 106 cm³/mol. The van der Waals surface area contributed by atoms with Gasteiger partial charge in [-0.25, -0.2) is 0 Å². The summed E-state index contributed by atoms with van der Waals surface area (Å²) in [5.74, 6) is 2.14. The molecule has 2 aliphatic rings. The molecular formula is C21H30N4O2. The molecule has 6 heteroatoms. The van der Waals surface area contributed by atoms with Crippen LogP contribution in [0.3, 0.4) is 0 Å². The number of carbonyl (C=O) groups excluding carboxylic acids is 1. The Morgan fingerprint density at radius 1 is 1.33 bits per heavy atom. The molecule has 1 aliphatic heterocycles. The van der Waals surface area contributed by atoms with E-state index in [4.69, 9.17) is 4.74 Å². The van der Waals surface area contributed by atoms with Crippen LogP contribution in [0.15, 0.2) is 24.4 Å². The number of nitrogens with one attached hydrogen (secondary N) is 1. The Morgan fingerprint density at radius 3 is 2.81 bits per heavy atom. The van der Waals surface area contributed by atoms with Crippen molar-refractivity contribution in [2.24, 2.45) is 17.8 Å². The van der Waals surface area contributed by atoms with Gasteiger partial charge in [-0.2, -0.15) is 5.10 Å². The molecule has 2 fully saturated rings. The van der Waals surface area contributed by atoms with Crippen LogP contribution in [0.4, 0.5) is 0 Å². The fraction of sp³-hybridized carbons (Fsp3) is 0.619. The zero-order chi connectivity index (χ0) is 19.0. The molecule has 1 aliphatic carbocycles. The van der Waals surface area contributed by atoms with Gasteiger partial charge in [0.2, 0.25) is 0 Å². The van der Waals surface area contributed by atoms with Gasteiger partial charge >= 0.3 is 0 Å². The lowest BCUT2D eigenvalue weighted by molar-refractivity contribution is 0.0950. The number of rotatable bonds is 8. The van der Waals surface area contributed by atoms with Crippen molar-refractivity contribution < 1.29 is 9.53 Å². The number of aromatic nitrogens is 2. The number of methoxy groups -OCH3 is 1. The van der Waals surface area contributed by atoms with Gasteiger partial charge in [-0.15, -0.1) is 0 Å². The van der Waals surface area contributed by atoms with E-state index in [1.165, 1.54) is 13.1 Å². The second kappa shape index (κ2) is 7.60. The van der Waals surface area contributed by atoms with Crippen molar-refractivity contribution in [3.63, 3.8) is 0 Å². The Morgan fingerprint density at radius 2 is 2.11 bits per heavy atom. The maximum absolute atomic E-state index is 12.7. The molecule has 1 aromatic heterocycles. The summed E-state index contributed by atoms with van der Waals surface area (Å²) in [5, 5.41) is 8.80. The Balaban J connectivity index is 1.31. The highest BCUT2D eigenvalue weighted by Gasteiger charge is 2.54. The van der Waals surface area contributed by atoms with Crippen molar-refractivity contribution in [3.8, 4) is 0 Å². The molecule has 1 N–H and O–H groups in total. The number of ether oxygens (including phenoxy) is 1. The van der Waals surface area contributed by atoms with E-state index in [0.29, 0.717) is 11.5 Å². The van der Waals surface area contributed by atoms with Crippen LogP contribution >= 0.6 is 0 Å². The number of fused-ring (bicyclic) bond motifs is 2. The van der Waals surface area contributed by atoms with Crippen LogP contribution in [0, 0.1) is 17.8 Å². The monoisotopic (exact) mass is 370 g/mol. The maximum Gasteiger partial charge on any atom is 0.253 e. The lowest BCUT2D eigenvalue weighted by Gasteiger charge is -2.19. The molecule has 1 amide bonds. The highest BCUT2D eigenvalue weighted by molar-refractivity contribution is 6.05. The molecule has 2 aromatic rings. The topological polar surface area (TPSA) is 59.4 Å². The molecule has 2 heterocycles. The average molecular weight is 370 g/mol. The third-order valence-corrected chi connectivity index (χ3v) is 6.10. The summed E-state index contributed by atoms with van der Waals surface area (Å²) >= 11 is 0. The molecule has 1 aromatic carbocycles. The van der Waals surface area contributed by atoms with Crippen molar-refractivity contribution in [2.45, 2.75) is 26.3 Å². The fourth-order valence-electron chi connectivity index (χ4n) is 4.47. The van der Waals surface area contributed by atoms with Crippen molar-refractivity contribution in [2.75, 3.05) is 39.9 Å². The Hall–Kier alpha value is -1.92. The average Bonchev–Trinajstić information content (AvgIpc) is 3.03. The summed E-state index contributed by atoms with van der Waals surface area (Å²) in [4.78, 5) is 15.3. The van der Waals surface area contributed by atoms with Gasteiger partial charge in [0.1, 0.15) is 5.52 Å². The predicted octanol–water partition coefficient (Wildman–Crippen LogP) is 2.56. The van der Waals surface area contributed by atoms with E-state index < -0.39 is 0 Å². The van der Waals surface area contributed by atoms with Crippen molar-refractivity contribution in [3.05, 3.63) is 30.0 Å². The molecule has 2 unspecified atom stereocenters. The molecule has 2 atom stereocenters. The van der Waals surface area contributed by atoms with Crippen molar-refractivity contribution >= 4 is 16.8 Å². The van der Waals surface area contributed by atoms with E-state index in [1.807, 2.05) is 29.1 Å². The summed E-state index contributed by atoms with van der Waals surface area (Å²) in [6, 6.07) is 6.11. The molecule has 6 nitrogen and oxygen atoms in total. The minimum Gasteiger partial charge on any atom is -0.385 e. The summed E-state index contributed by atoms with van der Waals surface area (Å²) in [6.07, 6.45) is 3.12. The second-order valence-corrected chi connectivity index (χ2v) is 8.25. The van der Waals surface area contributed by atoms with Crippen LogP contribution in [-0.4, -0.2) is 60.5 Å². The number of benzene rings is 1. The molecule has 0 bridgehead atoms. The van der Waals surface area contributed by atoms with Gasteiger partial charge < -0.3 is 15.0 Å². The first-order valence-electron chi connectivity index (χ1n) is 10.1. The van der Waals surface area contributed by atoms with Gasteiger partial charge in [-0.1, -0.05) is 12.1 Å². The van der Waals surface area contributed by atoms with Crippen LogP contribution < -0.4 is 5.32 Å². The molecule has 0 radical (unpaired) electrons. The highest BCUT2D eigenvalue weighted by atomic mass is 16.5. The van der Waals surface area contributed by atoms with Crippen LogP contribution in [0.25, 0.3) is 10.9 Å². The van der Waals surface area contributed by atoms with Crippen LogP contribution in [-0.2, 0) is 4.74 Å². The maximum atomic E-state index is 12.7. The summed E-state index contributed by atoms with van der Waals surface area (Å²) in [6.45, 7) is 9.27. The minimum absolute atomic E-state index is 0.00321. The fourth-order valence-corrected chi connectivity index (χ4v) is 4.47. The smallest absolute Gasteiger partial charge is 0.253 e. The summed E-state index contributed by atoms with van der Waals surface area (Å²) in [7, 11) is 1.76. The number of carbonyl (C=O) groups is 1. The van der Waals surface area contributed by atoms with Gasteiger partial charge in [0.05, 0.1) is 5.56 Å². The van der Waals surface area contributed by atoms with Crippen LogP contribution in [0.5, 0.6) is 0 Å². The third kappa shape index (κ3) is 3.73. The van der Waals surface area contributed by atoms with Gasteiger partial charge in [-0.3, -0.25) is 9.48 Å². The molecule has 27 heavy (non-hydrogen) atoms. The van der Waals surface area contributed by atoms with E-state index in [-0.39, 0.29) is 11.9 Å². The van der Waals surface area contributed by atoms with Crippen LogP contribution in [0.2, 0.25) is 0 Å². The Bertz CT molecular complexity index is 804. The van der Waals surface area contributed by atoms with Gasteiger partial charge in [0.25, 0.3) is 5.91 Å². The number of likely N-dealkylation sites (tertiary alicyclic amines) is 1. The van der Waals surface area contributed by atoms with Crippen LogP contribution in [0.1, 0.15) is 36.7 Å². The first kappa shape index (κ1) is 18.4. The minimum atomic E-state index is -0.00321. The largest absolute Gasteiger partial charge is 0.385 e. The molecule has 1 saturated carbocycles. The number of hydrogen-bond donors (Lipinski definition) is 1.